The molecule has 0 aliphatic carbocycles. The number of halogens is 1. The van der Waals surface area contributed by atoms with Gasteiger partial charge in [-0.3, -0.25) is 9.52 Å². The molecule has 28 heavy (non-hydrogen) atoms. The maximum absolute atomic E-state index is 13.0. The van der Waals surface area contributed by atoms with Gasteiger partial charge in [-0.05, 0) is 72.1 Å². The predicted molar refractivity (Wildman–Crippen MR) is 115 cm³/mol. The fourth-order valence-electron chi connectivity index (χ4n) is 2.51. The summed E-state index contributed by atoms with van der Waals surface area (Å²) < 4.78 is 34.4. The summed E-state index contributed by atoms with van der Waals surface area (Å²) >= 11 is 3.35. The lowest BCUT2D eigenvalue weighted by Crippen LogP contribution is -2.16. The SMILES string of the molecule is CC/C=C(/C)C(=O)Nc1ccc(OC)c(S(=O)(=O)Nc2cc(C)ccc2Br)c1. The summed E-state index contributed by atoms with van der Waals surface area (Å²) in [4.78, 5) is 12.1. The van der Waals surface area contributed by atoms with Crippen molar-refractivity contribution >= 4 is 43.2 Å². The van der Waals surface area contributed by atoms with E-state index in [4.69, 9.17) is 4.74 Å². The minimum Gasteiger partial charge on any atom is -0.495 e. The molecule has 2 aromatic rings. The van der Waals surface area contributed by atoms with Gasteiger partial charge in [0.2, 0.25) is 0 Å². The van der Waals surface area contributed by atoms with E-state index >= 15 is 0 Å². The number of carbonyl (C=O) groups excluding carboxylic acids is 1. The molecule has 0 radical (unpaired) electrons. The summed E-state index contributed by atoms with van der Waals surface area (Å²) in [6.45, 7) is 5.51. The number of sulfonamides is 1. The van der Waals surface area contributed by atoms with Gasteiger partial charge in [-0.2, -0.15) is 0 Å². The molecule has 2 aromatic carbocycles. The number of allylic oxidation sites excluding steroid dienone is 1. The van der Waals surface area contributed by atoms with Crippen molar-refractivity contribution < 1.29 is 17.9 Å². The summed E-state index contributed by atoms with van der Waals surface area (Å²) in [5.41, 5.74) is 2.24. The fourth-order valence-corrected chi connectivity index (χ4v) is 4.25. The van der Waals surface area contributed by atoms with Crippen LogP contribution in [0.2, 0.25) is 0 Å². The van der Waals surface area contributed by atoms with Gasteiger partial charge >= 0.3 is 0 Å². The van der Waals surface area contributed by atoms with Crippen LogP contribution in [0.5, 0.6) is 5.75 Å². The van der Waals surface area contributed by atoms with Crippen molar-refractivity contribution in [1.29, 1.82) is 0 Å². The first-order valence-corrected chi connectivity index (χ1v) is 10.9. The number of carbonyl (C=O) groups is 1. The van der Waals surface area contributed by atoms with E-state index in [1.54, 1.807) is 31.2 Å². The smallest absolute Gasteiger partial charge is 0.265 e. The molecule has 0 aromatic heterocycles. The molecule has 0 aliphatic rings. The number of hydrogen-bond acceptors (Lipinski definition) is 4. The highest BCUT2D eigenvalue weighted by Gasteiger charge is 2.22. The Labute approximate surface area is 174 Å². The molecule has 0 saturated heterocycles. The van der Waals surface area contributed by atoms with Crippen LogP contribution >= 0.6 is 15.9 Å². The Morgan fingerprint density at radius 2 is 1.93 bits per heavy atom. The zero-order valence-electron chi connectivity index (χ0n) is 16.2. The molecule has 150 valence electrons. The number of methoxy groups -OCH3 is 1. The molecule has 0 unspecified atom stereocenters. The van der Waals surface area contributed by atoms with Crippen LogP contribution in [0.15, 0.2) is 57.4 Å². The van der Waals surface area contributed by atoms with E-state index in [1.165, 1.54) is 19.2 Å². The Bertz CT molecular complexity index is 1020. The van der Waals surface area contributed by atoms with Crippen LogP contribution in [0, 0.1) is 6.92 Å². The second-order valence-corrected chi connectivity index (χ2v) is 8.71. The number of benzene rings is 2. The molecule has 0 spiro atoms. The summed E-state index contributed by atoms with van der Waals surface area (Å²) in [6.07, 6.45) is 2.53. The Balaban J connectivity index is 2.40. The van der Waals surface area contributed by atoms with Crippen LogP contribution in [-0.2, 0) is 14.8 Å². The van der Waals surface area contributed by atoms with Crippen LogP contribution in [0.4, 0.5) is 11.4 Å². The second-order valence-electron chi connectivity index (χ2n) is 6.20. The van der Waals surface area contributed by atoms with Gasteiger partial charge in [0, 0.05) is 15.7 Å². The van der Waals surface area contributed by atoms with Crippen molar-refractivity contribution in [2.24, 2.45) is 0 Å². The van der Waals surface area contributed by atoms with Gasteiger partial charge in [0.1, 0.15) is 10.6 Å². The van der Waals surface area contributed by atoms with E-state index in [0.717, 1.165) is 12.0 Å². The van der Waals surface area contributed by atoms with Gasteiger partial charge in [0.25, 0.3) is 15.9 Å². The van der Waals surface area contributed by atoms with Gasteiger partial charge in [-0.15, -0.1) is 0 Å². The van der Waals surface area contributed by atoms with Crippen molar-refractivity contribution in [2.45, 2.75) is 32.1 Å². The fraction of sp³-hybridized carbons (Fsp3) is 0.250. The highest BCUT2D eigenvalue weighted by Crippen LogP contribution is 2.31. The molecule has 0 heterocycles. The van der Waals surface area contributed by atoms with Crippen molar-refractivity contribution in [3.8, 4) is 5.75 Å². The molecular weight excluding hydrogens is 444 g/mol. The minimum absolute atomic E-state index is 0.0710. The summed E-state index contributed by atoms with van der Waals surface area (Å²) in [5, 5.41) is 2.71. The van der Waals surface area contributed by atoms with Crippen LogP contribution < -0.4 is 14.8 Å². The highest BCUT2D eigenvalue weighted by molar-refractivity contribution is 9.10. The number of rotatable bonds is 7. The molecule has 2 rings (SSSR count). The summed E-state index contributed by atoms with van der Waals surface area (Å²) in [7, 11) is -2.56. The summed E-state index contributed by atoms with van der Waals surface area (Å²) in [5.74, 6) is -0.111. The van der Waals surface area contributed by atoms with Crippen LogP contribution in [0.1, 0.15) is 25.8 Å². The monoisotopic (exact) mass is 466 g/mol. The number of nitrogens with one attached hydrogen (secondary N) is 2. The maximum Gasteiger partial charge on any atom is 0.265 e. The molecule has 2 N–H and O–H groups in total. The number of aryl methyl sites for hydroxylation is 1. The lowest BCUT2D eigenvalue weighted by Gasteiger charge is -2.15. The first-order chi connectivity index (χ1) is 13.2. The number of ether oxygens (including phenoxy) is 1. The molecule has 0 aliphatic heterocycles. The van der Waals surface area contributed by atoms with Gasteiger partial charge in [-0.1, -0.05) is 19.1 Å². The molecule has 6 nitrogen and oxygen atoms in total. The molecule has 0 atom stereocenters. The first-order valence-electron chi connectivity index (χ1n) is 8.63. The van der Waals surface area contributed by atoms with Crippen LogP contribution in [0.3, 0.4) is 0 Å². The average Bonchev–Trinajstić information content (AvgIpc) is 2.64. The number of amides is 1. The maximum atomic E-state index is 13.0. The largest absolute Gasteiger partial charge is 0.495 e. The van der Waals surface area contributed by atoms with Gasteiger partial charge < -0.3 is 10.1 Å². The van der Waals surface area contributed by atoms with Crippen LogP contribution in [0.25, 0.3) is 0 Å². The van der Waals surface area contributed by atoms with Crippen molar-refractivity contribution in [1.82, 2.24) is 0 Å². The molecule has 1 amide bonds. The van der Waals surface area contributed by atoms with Gasteiger partial charge in [-0.25, -0.2) is 8.42 Å². The summed E-state index contributed by atoms with van der Waals surface area (Å²) in [6, 6.07) is 9.83. The van der Waals surface area contributed by atoms with Crippen molar-refractivity contribution in [3.05, 3.63) is 58.1 Å². The zero-order valence-corrected chi connectivity index (χ0v) is 18.6. The third-order valence-electron chi connectivity index (χ3n) is 3.95. The molecule has 0 bridgehead atoms. The van der Waals surface area contributed by atoms with Gasteiger partial charge in [0.05, 0.1) is 12.8 Å². The lowest BCUT2D eigenvalue weighted by molar-refractivity contribution is -0.112. The third kappa shape index (κ3) is 5.36. The van der Waals surface area contributed by atoms with E-state index in [9.17, 15) is 13.2 Å². The van der Waals surface area contributed by atoms with E-state index in [0.29, 0.717) is 21.4 Å². The Kier molecular flexibility index (Phi) is 7.26. The normalized spacial score (nSPS) is 11.8. The standard InChI is InChI=1S/C20H23BrN2O4S/c1-5-6-14(3)20(24)22-15-8-10-18(27-4)19(12-15)28(25,26)23-17-11-13(2)7-9-16(17)21/h6-12,23H,5H2,1-4H3,(H,22,24)/b14-6-. The van der Waals surface area contributed by atoms with Crippen LogP contribution in [-0.4, -0.2) is 21.4 Å². The van der Waals surface area contributed by atoms with Crippen molar-refractivity contribution in [2.75, 3.05) is 17.1 Å². The molecule has 8 heteroatoms. The highest BCUT2D eigenvalue weighted by atomic mass is 79.9. The topological polar surface area (TPSA) is 84.5 Å². The molecule has 0 saturated carbocycles. The van der Waals surface area contributed by atoms with E-state index < -0.39 is 10.0 Å². The van der Waals surface area contributed by atoms with E-state index in [-0.39, 0.29) is 16.6 Å². The lowest BCUT2D eigenvalue weighted by atomic mass is 10.2. The zero-order chi connectivity index (χ0) is 20.9. The van der Waals surface area contributed by atoms with Crippen molar-refractivity contribution in [3.63, 3.8) is 0 Å². The predicted octanol–water partition coefficient (Wildman–Crippen LogP) is 4.86. The quantitative estimate of drug-likeness (QED) is 0.570. The number of anilines is 2. The Morgan fingerprint density at radius 3 is 2.57 bits per heavy atom. The Morgan fingerprint density at radius 1 is 1.21 bits per heavy atom. The molecule has 0 fully saturated rings. The van der Waals surface area contributed by atoms with Gasteiger partial charge in [0.15, 0.2) is 0 Å². The Hall–Kier alpha value is -2.32. The number of hydrogen-bond donors (Lipinski definition) is 2. The minimum atomic E-state index is -3.96. The van der Waals surface area contributed by atoms with E-state index in [1.807, 2.05) is 19.9 Å². The third-order valence-corrected chi connectivity index (χ3v) is 6.02. The second kappa shape index (κ2) is 9.25. The first kappa shape index (κ1) is 22.0. The van der Waals surface area contributed by atoms with E-state index in [2.05, 4.69) is 26.0 Å². The molecular formula is C20H23BrN2O4S. The average molecular weight is 467 g/mol.